The molecule has 2 unspecified atom stereocenters. The summed E-state index contributed by atoms with van der Waals surface area (Å²) in [6.07, 6.45) is 3.65. The van der Waals surface area contributed by atoms with Gasteiger partial charge < -0.3 is 16.0 Å². The van der Waals surface area contributed by atoms with Crippen LogP contribution in [0.4, 0.5) is 0 Å². The van der Waals surface area contributed by atoms with E-state index in [0.29, 0.717) is 25.4 Å². The zero-order valence-corrected chi connectivity index (χ0v) is 13.6. The Morgan fingerprint density at radius 2 is 2.10 bits per heavy atom. The van der Waals surface area contributed by atoms with E-state index in [9.17, 15) is 9.59 Å². The smallest absolute Gasteiger partial charge is 0.242 e. The lowest BCUT2D eigenvalue weighted by Gasteiger charge is -2.37. The summed E-state index contributed by atoms with van der Waals surface area (Å²) >= 11 is 0. The second kappa shape index (κ2) is 8.47. The molecule has 6 heteroatoms. The number of halogens is 1. The molecule has 0 bridgehead atoms. The molecule has 20 heavy (non-hydrogen) atoms. The van der Waals surface area contributed by atoms with Crippen LogP contribution in [0.15, 0.2) is 0 Å². The summed E-state index contributed by atoms with van der Waals surface area (Å²) in [5.41, 5.74) is 5.35. The molecule has 0 aromatic heterocycles. The molecule has 118 valence electrons. The zero-order valence-electron chi connectivity index (χ0n) is 12.8. The molecule has 1 aliphatic heterocycles. The summed E-state index contributed by atoms with van der Waals surface area (Å²) in [4.78, 5) is 25.2. The number of rotatable bonds is 5. The van der Waals surface area contributed by atoms with E-state index >= 15 is 0 Å². The third-order valence-electron chi connectivity index (χ3n) is 3.70. The number of likely N-dealkylation sites (tertiary alicyclic amines) is 1. The van der Waals surface area contributed by atoms with Gasteiger partial charge in [-0.3, -0.25) is 9.59 Å². The van der Waals surface area contributed by atoms with Crippen LogP contribution in [0.5, 0.6) is 0 Å². The van der Waals surface area contributed by atoms with Crippen molar-refractivity contribution in [3.05, 3.63) is 0 Å². The number of amides is 2. The SMILES string of the molecule is CCCC(C)(N)C(=O)N1CCCC(CNC(C)=O)C1.Cl. The monoisotopic (exact) mass is 305 g/mol. The Kier molecular flexibility index (Phi) is 8.13. The van der Waals surface area contributed by atoms with Crippen molar-refractivity contribution in [3.63, 3.8) is 0 Å². The third kappa shape index (κ3) is 5.67. The molecule has 2 amide bonds. The molecule has 0 aromatic carbocycles. The first-order chi connectivity index (χ1) is 8.86. The van der Waals surface area contributed by atoms with Gasteiger partial charge in [0.2, 0.25) is 11.8 Å². The van der Waals surface area contributed by atoms with E-state index in [0.717, 1.165) is 25.8 Å². The molecule has 1 rings (SSSR count). The molecule has 3 N–H and O–H groups in total. The second-order valence-electron chi connectivity index (χ2n) is 5.86. The summed E-state index contributed by atoms with van der Waals surface area (Å²) in [5.74, 6) is 0.374. The van der Waals surface area contributed by atoms with E-state index < -0.39 is 5.54 Å². The Morgan fingerprint density at radius 3 is 2.65 bits per heavy atom. The molecule has 0 spiro atoms. The number of carbonyl (C=O) groups is 2. The fourth-order valence-electron chi connectivity index (χ4n) is 2.69. The molecular formula is C14H28ClN3O2. The Labute approximate surface area is 128 Å². The molecule has 0 aliphatic carbocycles. The second-order valence-corrected chi connectivity index (χ2v) is 5.86. The van der Waals surface area contributed by atoms with E-state index in [4.69, 9.17) is 5.73 Å². The first-order valence-electron chi connectivity index (χ1n) is 7.19. The topological polar surface area (TPSA) is 75.4 Å². The fourth-order valence-corrected chi connectivity index (χ4v) is 2.69. The summed E-state index contributed by atoms with van der Waals surface area (Å²) in [7, 11) is 0. The summed E-state index contributed by atoms with van der Waals surface area (Å²) in [5, 5.41) is 2.83. The third-order valence-corrected chi connectivity index (χ3v) is 3.70. The number of nitrogens with two attached hydrogens (primary N) is 1. The number of hydrogen-bond donors (Lipinski definition) is 2. The van der Waals surface area contributed by atoms with Crippen LogP contribution in [0.1, 0.15) is 46.5 Å². The minimum atomic E-state index is -0.759. The molecule has 1 heterocycles. The van der Waals surface area contributed by atoms with Crippen LogP contribution in [-0.4, -0.2) is 41.9 Å². The molecule has 0 radical (unpaired) electrons. The molecule has 1 fully saturated rings. The van der Waals surface area contributed by atoms with Gasteiger partial charge in [0.05, 0.1) is 5.54 Å². The summed E-state index contributed by atoms with van der Waals surface area (Å²) in [6.45, 7) is 7.50. The van der Waals surface area contributed by atoms with Gasteiger partial charge in [0.1, 0.15) is 0 Å². The average Bonchev–Trinajstić information content (AvgIpc) is 2.35. The Bertz CT molecular complexity index is 334. The van der Waals surface area contributed by atoms with Crippen molar-refractivity contribution in [2.45, 2.75) is 52.0 Å². The van der Waals surface area contributed by atoms with Crippen LogP contribution in [0, 0.1) is 5.92 Å². The molecule has 0 aromatic rings. The Morgan fingerprint density at radius 1 is 1.45 bits per heavy atom. The van der Waals surface area contributed by atoms with E-state index in [1.165, 1.54) is 6.92 Å². The van der Waals surface area contributed by atoms with E-state index in [2.05, 4.69) is 5.32 Å². The highest BCUT2D eigenvalue weighted by molar-refractivity contribution is 5.86. The van der Waals surface area contributed by atoms with Crippen molar-refractivity contribution in [1.82, 2.24) is 10.2 Å². The quantitative estimate of drug-likeness (QED) is 0.804. The first kappa shape index (κ1) is 19.2. The summed E-state index contributed by atoms with van der Waals surface area (Å²) < 4.78 is 0. The lowest BCUT2D eigenvalue weighted by atomic mass is 9.92. The standard InChI is InChI=1S/C14H27N3O2.ClH/c1-4-7-14(3,15)13(19)17-8-5-6-12(10-17)9-16-11(2)18;/h12H,4-10,15H2,1-3H3,(H,16,18);1H. The summed E-state index contributed by atoms with van der Waals surface area (Å²) in [6, 6.07) is 0. The molecular weight excluding hydrogens is 278 g/mol. The highest BCUT2D eigenvalue weighted by Crippen LogP contribution is 2.20. The maximum atomic E-state index is 12.4. The van der Waals surface area contributed by atoms with Gasteiger partial charge in [0.25, 0.3) is 0 Å². The van der Waals surface area contributed by atoms with Crippen LogP contribution in [0.2, 0.25) is 0 Å². The van der Waals surface area contributed by atoms with Gasteiger partial charge in [-0.25, -0.2) is 0 Å². The van der Waals surface area contributed by atoms with Crippen molar-refractivity contribution in [1.29, 1.82) is 0 Å². The highest BCUT2D eigenvalue weighted by atomic mass is 35.5. The lowest BCUT2D eigenvalue weighted by Crippen LogP contribution is -2.56. The number of hydrogen-bond acceptors (Lipinski definition) is 3. The highest BCUT2D eigenvalue weighted by Gasteiger charge is 2.34. The predicted octanol–water partition coefficient (Wildman–Crippen LogP) is 1.30. The van der Waals surface area contributed by atoms with Crippen LogP contribution in [0.25, 0.3) is 0 Å². The van der Waals surface area contributed by atoms with Gasteiger partial charge in [-0.15, -0.1) is 12.4 Å². The van der Waals surface area contributed by atoms with Gasteiger partial charge in [-0.05, 0) is 32.1 Å². The van der Waals surface area contributed by atoms with Gasteiger partial charge in [-0.1, -0.05) is 13.3 Å². The maximum absolute atomic E-state index is 12.4. The lowest BCUT2D eigenvalue weighted by molar-refractivity contribution is -0.138. The van der Waals surface area contributed by atoms with Gasteiger partial charge in [0, 0.05) is 26.6 Å². The zero-order chi connectivity index (χ0) is 14.5. The Hall–Kier alpha value is -0.810. The molecule has 2 atom stereocenters. The van der Waals surface area contributed by atoms with Gasteiger partial charge >= 0.3 is 0 Å². The van der Waals surface area contributed by atoms with Crippen LogP contribution >= 0.6 is 12.4 Å². The van der Waals surface area contributed by atoms with E-state index in [-0.39, 0.29) is 24.2 Å². The maximum Gasteiger partial charge on any atom is 0.242 e. The van der Waals surface area contributed by atoms with E-state index in [1.54, 1.807) is 0 Å². The molecule has 0 saturated carbocycles. The number of nitrogens with zero attached hydrogens (tertiary/aromatic N) is 1. The minimum absolute atomic E-state index is 0. The first-order valence-corrected chi connectivity index (χ1v) is 7.19. The minimum Gasteiger partial charge on any atom is -0.356 e. The molecule has 1 aliphatic rings. The molecule has 5 nitrogen and oxygen atoms in total. The number of carbonyl (C=O) groups excluding carboxylic acids is 2. The number of piperidine rings is 1. The average molecular weight is 306 g/mol. The van der Waals surface area contributed by atoms with Crippen LogP contribution in [-0.2, 0) is 9.59 Å². The van der Waals surface area contributed by atoms with E-state index in [1.807, 2.05) is 18.7 Å². The number of nitrogens with one attached hydrogen (secondary N) is 1. The van der Waals surface area contributed by atoms with Crippen LogP contribution < -0.4 is 11.1 Å². The van der Waals surface area contributed by atoms with Gasteiger partial charge in [-0.2, -0.15) is 0 Å². The normalized spacial score (nSPS) is 21.6. The van der Waals surface area contributed by atoms with Crippen molar-refractivity contribution in [2.24, 2.45) is 11.7 Å². The van der Waals surface area contributed by atoms with Gasteiger partial charge in [0.15, 0.2) is 0 Å². The van der Waals surface area contributed by atoms with Crippen molar-refractivity contribution >= 4 is 24.2 Å². The Balaban J connectivity index is 0.00000361. The van der Waals surface area contributed by atoms with Crippen molar-refractivity contribution in [2.75, 3.05) is 19.6 Å². The van der Waals surface area contributed by atoms with Crippen molar-refractivity contribution in [3.8, 4) is 0 Å². The largest absolute Gasteiger partial charge is 0.356 e. The van der Waals surface area contributed by atoms with Crippen LogP contribution in [0.3, 0.4) is 0 Å². The molecule has 1 saturated heterocycles. The fraction of sp³-hybridized carbons (Fsp3) is 0.857. The predicted molar refractivity (Wildman–Crippen MR) is 82.7 cm³/mol. The van der Waals surface area contributed by atoms with Crippen molar-refractivity contribution < 1.29 is 9.59 Å².